The van der Waals surface area contributed by atoms with Gasteiger partial charge >= 0.3 is 0 Å². The van der Waals surface area contributed by atoms with E-state index in [0.717, 1.165) is 94.3 Å². The van der Waals surface area contributed by atoms with Gasteiger partial charge in [0.25, 0.3) is 0 Å². The molecular formula is C50H30N4O. The molecule has 5 nitrogen and oxygen atoms in total. The third kappa shape index (κ3) is 4.29. The van der Waals surface area contributed by atoms with Crippen LogP contribution in [0.1, 0.15) is 0 Å². The average molecular weight is 703 g/mol. The third-order valence-corrected chi connectivity index (χ3v) is 11.1. The molecule has 8 aromatic carbocycles. The first-order valence-corrected chi connectivity index (χ1v) is 18.6. The molecule has 0 amide bonds. The molecule has 0 saturated heterocycles. The summed E-state index contributed by atoms with van der Waals surface area (Å²) in [5.41, 5.74) is 13.0. The second kappa shape index (κ2) is 11.5. The van der Waals surface area contributed by atoms with Crippen molar-refractivity contribution in [2.45, 2.75) is 0 Å². The Labute approximate surface area is 315 Å². The molecule has 0 aliphatic carbocycles. The molecule has 4 aromatic heterocycles. The fourth-order valence-corrected chi connectivity index (χ4v) is 8.77. The monoisotopic (exact) mass is 702 g/mol. The molecule has 0 bridgehead atoms. The van der Waals surface area contributed by atoms with Crippen molar-refractivity contribution in [3.63, 3.8) is 0 Å². The van der Waals surface area contributed by atoms with Gasteiger partial charge in [-0.15, -0.1) is 0 Å². The maximum atomic E-state index is 6.96. The topological polar surface area (TPSA) is 48.8 Å². The lowest BCUT2D eigenvalue weighted by molar-refractivity contribution is 0.667. The van der Waals surface area contributed by atoms with E-state index in [0.29, 0.717) is 0 Å². The predicted molar refractivity (Wildman–Crippen MR) is 226 cm³/mol. The van der Waals surface area contributed by atoms with Crippen LogP contribution in [-0.4, -0.2) is 19.1 Å². The summed E-state index contributed by atoms with van der Waals surface area (Å²) in [5, 5.41) is 6.91. The van der Waals surface area contributed by atoms with Crippen LogP contribution in [0, 0.1) is 0 Å². The summed E-state index contributed by atoms with van der Waals surface area (Å²) in [5.74, 6) is 0.806. The Morgan fingerprint density at radius 2 is 0.891 bits per heavy atom. The van der Waals surface area contributed by atoms with E-state index >= 15 is 0 Å². The number of fused-ring (bicyclic) bond motifs is 11. The highest BCUT2D eigenvalue weighted by Gasteiger charge is 2.24. The van der Waals surface area contributed by atoms with Crippen LogP contribution >= 0.6 is 0 Å². The quantitative estimate of drug-likeness (QED) is 0.183. The third-order valence-electron chi connectivity index (χ3n) is 11.1. The minimum absolute atomic E-state index is 0.806. The first kappa shape index (κ1) is 30.0. The van der Waals surface area contributed by atoms with Crippen molar-refractivity contribution >= 4 is 76.6 Å². The zero-order valence-electron chi connectivity index (χ0n) is 29.5. The normalized spacial score (nSPS) is 12.0. The maximum Gasteiger partial charge on any atom is 0.165 e. The molecule has 12 aromatic rings. The van der Waals surface area contributed by atoms with E-state index in [1.165, 1.54) is 16.2 Å². The number of nitrogens with zero attached hydrogens (tertiary/aromatic N) is 4. The van der Waals surface area contributed by atoms with E-state index in [9.17, 15) is 0 Å². The largest absolute Gasteiger partial charge is 0.453 e. The molecule has 0 aliphatic heterocycles. The van der Waals surface area contributed by atoms with Crippen LogP contribution in [0.2, 0.25) is 0 Å². The highest BCUT2D eigenvalue weighted by molar-refractivity contribution is 6.29. The minimum Gasteiger partial charge on any atom is -0.453 e. The molecule has 0 spiro atoms. The Balaban J connectivity index is 1.19. The van der Waals surface area contributed by atoms with Gasteiger partial charge in [-0.05, 0) is 48.0 Å². The van der Waals surface area contributed by atoms with E-state index < -0.39 is 0 Å². The first-order chi connectivity index (χ1) is 27.3. The van der Waals surface area contributed by atoms with Gasteiger partial charge in [0.05, 0.1) is 38.8 Å². The SMILES string of the molecule is c1ccc(-c2nc3ccccc3nc2-n2c3ccccc3c3c4c5ccccc5n(-c5cccc6c5oc5c(-c7ccccc7)cccc56)c4ccc32)cc1. The van der Waals surface area contributed by atoms with Gasteiger partial charge in [-0.1, -0.05) is 140 Å². The Hall–Kier alpha value is -7.50. The van der Waals surface area contributed by atoms with Crippen molar-refractivity contribution in [1.82, 2.24) is 19.1 Å². The van der Waals surface area contributed by atoms with Crippen molar-refractivity contribution in [2.75, 3.05) is 0 Å². The van der Waals surface area contributed by atoms with Crippen molar-refractivity contribution < 1.29 is 4.42 Å². The number of furan rings is 1. The van der Waals surface area contributed by atoms with Crippen LogP contribution in [0.4, 0.5) is 0 Å². The molecule has 0 unspecified atom stereocenters. The van der Waals surface area contributed by atoms with Crippen LogP contribution in [0.15, 0.2) is 186 Å². The molecule has 4 heterocycles. The van der Waals surface area contributed by atoms with E-state index in [1.807, 2.05) is 30.3 Å². The lowest BCUT2D eigenvalue weighted by Gasteiger charge is -2.14. The molecule has 5 heteroatoms. The van der Waals surface area contributed by atoms with Crippen LogP contribution < -0.4 is 0 Å². The van der Waals surface area contributed by atoms with Crippen LogP contribution in [0.3, 0.4) is 0 Å². The van der Waals surface area contributed by atoms with E-state index in [2.05, 4.69) is 161 Å². The summed E-state index contributed by atoms with van der Waals surface area (Å²) in [6.45, 7) is 0. The summed E-state index contributed by atoms with van der Waals surface area (Å²) < 4.78 is 11.7. The van der Waals surface area contributed by atoms with Crippen LogP contribution in [0.25, 0.3) is 110 Å². The summed E-state index contributed by atoms with van der Waals surface area (Å²) in [4.78, 5) is 10.6. The zero-order valence-corrected chi connectivity index (χ0v) is 29.5. The van der Waals surface area contributed by atoms with E-state index in [4.69, 9.17) is 14.4 Å². The molecule has 0 saturated carbocycles. The Morgan fingerprint density at radius 1 is 0.364 bits per heavy atom. The zero-order chi connectivity index (χ0) is 36.0. The number of para-hydroxylation sites is 6. The van der Waals surface area contributed by atoms with Gasteiger partial charge in [-0.3, -0.25) is 4.57 Å². The van der Waals surface area contributed by atoms with Crippen molar-refractivity contribution in [3.05, 3.63) is 182 Å². The summed E-state index contributed by atoms with van der Waals surface area (Å²) in [7, 11) is 0. The number of benzene rings is 8. The van der Waals surface area contributed by atoms with Gasteiger partial charge in [-0.2, -0.15) is 0 Å². The van der Waals surface area contributed by atoms with Crippen LogP contribution in [0.5, 0.6) is 0 Å². The fraction of sp³-hybridized carbons (Fsp3) is 0. The molecule has 12 rings (SSSR count). The van der Waals surface area contributed by atoms with E-state index in [1.54, 1.807) is 0 Å². The van der Waals surface area contributed by atoms with Gasteiger partial charge in [0, 0.05) is 43.4 Å². The molecule has 256 valence electrons. The minimum atomic E-state index is 0.806. The summed E-state index contributed by atoms with van der Waals surface area (Å²) in [6, 6.07) is 63.9. The highest BCUT2D eigenvalue weighted by Crippen LogP contribution is 2.45. The Bertz CT molecular complexity index is 3480. The molecular weight excluding hydrogens is 673 g/mol. The summed E-state index contributed by atoms with van der Waals surface area (Å²) >= 11 is 0. The molecule has 0 atom stereocenters. The number of hydrogen-bond donors (Lipinski definition) is 0. The van der Waals surface area contributed by atoms with Gasteiger partial charge in [0.1, 0.15) is 11.3 Å². The number of aromatic nitrogens is 4. The molecule has 0 fully saturated rings. The molecule has 0 N–H and O–H groups in total. The van der Waals surface area contributed by atoms with Gasteiger partial charge in [0.2, 0.25) is 0 Å². The van der Waals surface area contributed by atoms with E-state index in [-0.39, 0.29) is 0 Å². The highest BCUT2D eigenvalue weighted by atomic mass is 16.3. The second-order valence-corrected chi connectivity index (χ2v) is 14.1. The molecule has 0 radical (unpaired) electrons. The number of rotatable bonds is 4. The molecule has 0 aliphatic rings. The maximum absolute atomic E-state index is 6.96. The lowest BCUT2D eigenvalue weighted by atomic mass is 10.0. The van der Waals surface area contributed by atoms with Gasteiger partial charge < -0.3 is 8.98 Å². The predicted octanol–water partition coefficient (Wildman–Crippen LogP) is 13.1. The second-order valence-electron chi connectivity index (χ2n) is 14.1. The van der Waals surface area contributed by atoms with Crippen molar-refractivity contribution in [2.24, 2.45) is 0 Å². The molecule has 55 heavy (non-hydrogen) atoms. The first-order valence-electron chi connectivity index (χ1n) is 18.6. The number of hydrogen-bond acceptors (Lipinski definition) is 3. The lowest BCUT2D eigenvalue weighted by Crippen LogP contribution is -2.03. The van der Waals surface area contributed by atoms with Gasteiger partial charge in [-0.25, -0.2) is 9.97 Å². The summed E-state index contributed by atoms with van der Waals surface area (Å²) in [6.07, 6.45) is 0. The van der Waals surface area contributed by atoms with Crippen LogP contribution in [-0.2, 0) is 0 Å². The average Bonchev–Trinajstić information content (AvgIpc) is 3.92. The van der Waals surface area contributed by atoms with Crippen molar-refractivity contribution in [1.29, 1.82) is 0 Å². The standard InChI is InChI=1S/C50H30N4O/c1-3-15-31(16-4-1)33-21-13-22-34-35-23-14-28-44(49(35)55-48(33)34)53-40-26-11-7-19-36(40)45-42(53)29-30-43-46(45)37-20-8-12-27-41(37)54(43)50-47(32-17-5-2-6-18-32)51-38-24-9-10-25-39(38)52-50/h1-30H. The van der Waals surface area contributed by atoms with Crippen molar-refractivity contribution in [3.8, 4) is 33.9 Å². The Morgan fingerprint density at radius 3 is 1.60 bits per heavy atom. The Kier molecular flexibility index (Phi) is 6.27. The smallest absolute Gasteiger partial charge is 0.165 e. The van der Waals surface area contributed by atoms with Gasteiger partial charge in [0.15, 0.2) is 11.4 Å². The fourth-order valence-electron chi connectivity index (χ4n) is 8.77.